The molecule has 1 nitrogen and oxygen atoms in total. The fourth-order valence-corrected chi connectivity index (χ4v) is 2.52. The molecule has 0 fully saturated rings. The largest absolute Gasteiger partial charge is 0.355 e. The number of H-pyrrole nitrogens is 1. The van der Waals surface area contributed by atoms with E-state index in [0.29, 0.717) is 0 Å². The van der Waals surface area contributed by atoms with Gasteiger partial charge in [-0.15, -0.1) is 0 Å². The van der Waals surface area contributed by atoms with E-state index in [9.17, 15) is 0 Å². The highest BCUT2D eigenvalue weighted by Crippen LogP contribution is 2.26. The van der Waals surface area contributed by atoms with Gasteiger partial charge in [-0.05, 0) is 30.2 Å². The normalized spacial score (nSPS) is 11.8. The van der Waals surface area contributed by atoms with Crippen molar-refractivity contribution in [3.8, 4) is 0 Å². The molecule has 1 N–H and O–H groups in total. The molecule has 0 unspecified atom stereocenters. The molecule has 1 heterocycles. The fraction of sp³-hybridized carbons (Fsp3) is 0.125. The van der Waals surface area contributed by atoms with E-state index in [1.807, 2.05) is 0 Å². The van der Waals surface area contributed by atoms with Crippen LogP contribution in [0.1, 0.15) is 12.0 Å². The number of nitrogens with one attached hydrogen (secondary N) is 1. The number of halogens is 1. The van der Waals surface area contributed by atoms with Gasteiger partial charge in [0.05, 0.1) is 0 Å². The van der Waals surface area contributed by atoms with Crippen molar-refractivity contribution in [3.05, 3.63) is 54.1 Å². The Bertz CT molecular complexity index is 709. The van der Waals surface area contributed by atoms with Crippen molar-refractivity contribution in [2.45, 2.75) is 6.42 Å². The number of fused-ring (bicyclic) bond motifs is 3. The molecule has 0 atom stereocenters. The Kier molecular flexibility index (Phi) is 3.20. The molecule has 0 aliphatic carbocycles. The summed E-state index contributed by atoms with van der Waals surface area (Å²) in [5.41, 5.74) is 3.66. The molecule has 0 saturated heterocycles. The Morgan fingerprint density at radius 1 is 1.00 bits per heavy atom. The van der Waals surface area contributed by atoms with Gasteiger partial charge in [0.15, 0.2) is 0 Å². The average Bonchev–Trinajstić information content (AvgIpc) is 2.77. The molecule has 0 saturated carbocycles. The molecular weight excluding hydrogens is 286 g/mol. The van der Waals surface area contributed by atoms with Crippen LogP contribution in [0.25, 0.3) is 27.9 Å². The number of allylic oxidation sites excluding steroid dienone is 1. The predicted molar refractivity (Wildman–Crippen MR) is 83.2 cm³/mol. The number of hydrogen-bond acceptors (Lipinski definition) is 0. The molecule has 0 aliphatic rings. The van der Waals surface area contributed by atoms with Crippen LogP contribution in [0.5, 0.6) is 0 Å². The lowest BCUT2D eigenvalue weighted by Gasteiger charge is -1.95. The van der Waals surface area contributed by atoms with Gasteiger partial charge >= 0.3 is 0 Å². The van der Waals surface area contributed by atoms with Crippen LogP contribution >= 0.6 is 15.9 Å². The zero-order valence-electron chi connectivity index (χ0n) is 9.99. The molecule has 2 heteroatoms. The van der Waals surface area contributed by atoms with E-state index < -0.39 is 0 Å². The van der Waals surface area contributed by atoms with Crippen molar-refractivity contribution in [1.29, 1.82) is 0 Å². The molecule has 1 aromatic heterocycles. The Labute approximate surface area is 115 Å². The summed E-state index contributed by atoms with van der Waals surface area (Å²) in [7, 11) is 0. The Balaban J connectivity index is 2.12. The molecular formula is C16H14BrN. The van der Waals surface area contributed by atoms with Crippen LogP contribution in [0.3, 0.4) is 0 Å². The number of para-hydroxylation sites is 1. The van der Waals surface area contributed by atoms with Gasteiger partial charge < -0.3 is 4.98 Å². The summed E-state index contributed by atoms with van der Waals surface area (Å²) in [4.78, 5) is 3.44. The quantitative estimate of drug-likeness (QED) is 0.646. The minimum absolute atomic E-state index is 1.01. The summed E-state index contributed by atoms with van der Waals surface area (Å²) in [5.74, 6) is 0. The molecule has 90 valence electrons. The van der Waals surface area contributed by atoms with Gasteiger partial charge in [-0.1, -0.05) is 52.3 Å². The van der Waals surface area contributed by atoms with Crippen LogP contribution in [-0.4, -0.2) is 10.3 Å². The molecule has 0 spiro atoms. The zero-order chi connectivity index (χ0) is 12.4. The monoisotopic (exact) mass is 299 g/mol. The Morgan fingerprint density at radius 3 is 2.72 bits per heavy atom. The zero-order valence-corrected chi connectivity index (χ0v) is 11.6. The summed E-state index contributed by atoms with van der Waals surface area (Å²) in [6.07, 6.45) is 5.44. The summed E-state index contributed by atoms with van der Waals surface area (Å²) in [5, 5.41) is 3.61. The number of rotatable bonds is 3. The summed E-state index contributed by atoms with van der Waals surface area (Å²) in [6.45, 7) is 0. The first-order chi connectivity index (χ1) is 8.88. The van der Waals surface area contributed by atoms with Crippen molar-refractivity contribution >= 4 is 43.8 Å². The van der Waals surface area contributed by atoms with Crippen LogP contribution in [-0.2, 0) is 0 Å². The third kappa shape index (κ3) is 2.08. The highest BCUT2D eigenvalue weighted by Gasteiger charge is 2.02. The molecule has 0 amide bonds. The fourth-order valence-electron chi connectivity index (χ4n) is 2.25. The second-order valence-electron chi connectivity index (χ2n) is 4.36. The second-order valence-corrected chi connectivity index (χ2v) is 5.15. The molecule has 18 heavy (non-hydrogen) atoms. The third-order valence-corrected chi connectivity index (χ3v) is 3.57. The van der Waals surface area contributed by atoms with Crippen LogP contribution in [0.15, 0.2) is 48.5 Å². The predicted octanol–water partition coefficient (Wildman–Crippen LogP) is 5.12. The van der Waals surface area contributed by atoms with Gasteiger partial charge in [0.2, 0.25) is 0 Å². The van der Waals surface area contributed by atoms with E-state index in [2.05, 4.69) is 75.5 Å². The van der Waals surface area contributed by atoms with Crippen molar-refractivity contribution in [2.75, 3.05) is 5.33 Å². The van der Waals surface area contributed by atoms with E-state index in [4.69, 9.17) is 0 Å². The number of benzene rings is 2. The second kappa shape index (κ2) is 4.99. The lowest BCUT2D eigenvalue weighted by molar-refractivity contribution is 1.27. The van der Waals surface area contributed by atoms with E-state index in [1.54, 1.807) is 0 Å². The number of hydrogen-bond donors (Lipinski definition) is 1. The third-order valence-electron chi connectivity index (χ3n) is 3.12. The van der Waals surface area contributed by atoms with Crippen molar-refractivity contribution in [3.63, 3.8) is 0 Å². The minimum atomic E-state index is 1.01. The van der Waals surface area contributed by atoms with Crippen LogP contribution < -0.4 is 0 Å². The molecule has 0 radical (unpaired) electrons. The SMILES string of the molecule is BrCCC=Cc1ccc2[nH]c3ccccc3c2c1. The first-order valence-electron chi connectivity index (χ1n) is 6.11. The highest BCUT2D eigenvalue weighted by atomic mass is 79.9. The molecule has 0 bridgehead atoms. The van der Waals surface area contributed by atoms with E-state index in [0.717, 1.165) is 11.8 Å². The first-order valence-corrected chi connectivity index (χ1v) is 7.23. The number of aromatic nitrogens is 1. The van der Waals surface area contributed by atoms with Gasteiger partial charge in [-0.25, -0.2) is 0 Å². The van der Waals surface area contributed by atoms with Crippen molar-refractivity contribution in [1.82, 2.24) is 4.98 Å². The van der Waals surface area contributed by atoms with Gasteiger partial charge in [0.1, 0.15) is 0 Å². The maximum Gasteiger partial charge on any atom is 0.0465 e. The first kappa shape index (κ1) is 11.5. The van der Waals surface area contributed by atoms with Gasteiger partial charge in [-0.2, -0.15) is 0 Å². The van der Waals surface area contributed by atoms with Crippen molar-refractivity contribution in [2.24, 2.45) is 0 Å². The summed E-state index contributed by atoms with van der Waals surface area (Å²) in [6, 6.07) is 15.0. The standard InChI is InChI=1S/C16H14BrN/c17-10-4-3-5-12-8-9-16-14(11-12)13-6-1-2-7-15(13)18-16/h1-3,5-9,11,18H,4,10H2. The minimum Gasteiger partial charge on any atom is -0.355 e. The lowest BCUT2D eigenvalue weighted by Crippen LogP contribution is -1.73. The smallest absolute Gasteiger partial charge is 0.0465 e. The van der Waals surface area contributed by atoms with Gasteiger partial charge in [-0.3, -0.25) is 0 Å². The van der Waals surface area contributed by atoms with Crippen molar-refractivity contribution < 1.29 is 0 Å². The summed E-state index contributed by atoms with van der Waals surface area (Å²) >= 11 is 3.43. The summed E-state index contributed by atoms with van der Waals surface area (Å²) < 4.78 is 0. The van der Waals surface area contributed by atoms with E-state index >= 15 is 0 Å². The highest BCUT2D eigenvalue weighted by molar-refractivity contribution is 9.09. The Morgan fingerprint density at radius 2 is 1.83 bits per heavy atom. The number of aromatic amines is 1. The molecule has 3 rings (SSSR count). The molecule has 3 aromatic rings. The van der Waals surface area contributed by atoms with Crippen LogP contribution in [0.4, 0.5) is 0 Å². The van der Waals surface area contributed by atoms with Crippen LogP contribution in [0.2, 0.25) is 0 Å². The van der Waals surface area contributed by atoms with E-state index in [1.165, 1.54) is 27.4 Å². The maximum absolute atomic E-state index is 3.44. The topological polar surface area (TPSA) is 15.8 Å². The van der Waals surface area contributed by atoms with Crippen LogP contribution in [0, 0.1) is 0 Å². The maximum atomic E-state index is 3.44. The Hall–Kier alpha value is -1.54. The number of alkyl halides is 1. The molecule has 0 aliphatic heterocycles. The average molecular weight is 300 g/mol. The van der Waals surface area contributed by atoms with Gasteiger partial charge in [0.25, 0.3) is 0 Å². The lowest BCUT2D eigenvalue weighted by atomic mass is 10.1. The van der Waals surface area contributed by atoms with Gasteiger partial charge in [0, 0.05) is 27.1 Å². The molecule has 2 aromatic carbocycles. The van der Waals surface area contributed by atoms with E-state index in [-0.39, 0.29) is 0 Å².